The Morgan fingerprint density at radius 3 is 2.81 bits per heavy atom. The molecule has 1 aliphatic rings. The number of amides is 2. The minimum Gasteiger partial charge on any atom is -0.396 e. The van der Waals surface area contributed by atoms with Gasteiger partial charge in [0.15, 0.2) is 0 Å². The maximum Gasteiger partial charge on any atom is 0.257 e. The number of anilines is 1. The van der Waals surface area contributed by atoms with Gasteiger partial charge in [0, 0.05) is 62.2 Å². The summed E-state index contributed by atoms with van der Waals surface area (Å²) in [6.07, 6.45) is 5.95. The lowest BCUT2D eigenvalue weighted by molar-refractivity contribution is 0.0947. The molecule has 3 aromatic heterocycles. The summed E-state index contributed by atoms with van der Waals surface area (Å²) in [5, 5.41) is 19.5. The van der Waals surface area contributed by atoms with Crippen molar-refractivity contribution in [3.05, 3.63) is 65.9 Å². The normalized spacial score (nSPS) is 15.8. The number of carbonyl (C=O) groups is 2. The van der Waals surface area contributed by atoms with Crippen molar-refractivity contribution in [1.29, 1.82) is 0 Å². The van der Waals surface area contributed by atoms with E-state index in [1.165, 1.54) is 18.3 Å². The third kappa shape index (κ3) is 5.52. The van der Waals surface area contributed by atoms with Gasteiger partial charge in [0.05, 0.1) is 23.1 Å². The molecule has 0 unspecified atom stereocenters. The number of hydrogen-bond acceptors (Lipinski definition) is 6. The zero-order valence-electron chi connectivity index (χ0n) is 20.4. The predicted octanol–water partition coefficient (Wildman–Crippen LogP) is 2.40. The maximum absolute atomic E-state index is 14.5. The van der Waals surface area contributed by atoms with Gasteiger partial charge in [-0.05, 0) is 49.2 Å². The molecule has 2 amide bonds. The first-order chi connectivity index (χ1) is 17.9. The van der Waals surface area contributed by atoms with Crippen LogP contribution in [0.5, 0.6) is 0 Å². The molecule has 5 rings (SSSR count). The summed E-state index contributed by atoms with van der Waals surface area (Å²) in [5.41, 5.74) is 2.72. The Kier molecular flexibility index (Phi) is 6.97. The molecule has 0 radical (unpaired) electrons. The number of aliphatic hydroxyl groups is 1. The lowest BCUT2D eigenvalue weighted by Crippen LogP contribution is -2.34. The smallest absolute Gasteiger partial charge is 0.257 e. The topological polar surface area (TPSA) is 128 Å². The second-order valence-electron chi connectivity index (χ2n) is 9.29. The van der Waals surface area contributed by atoms with Gasteiger partial charge in [0.2, 0.25) is 0 Å². The average molecular weight is 506 g/mol. The van der Waals surface area contributed by atoms with E-state index in [-0.39, 0.29) is 35.2 Å². The highest BCUT2D eigenvalue weighted by Crippen LogP contribution is 2.24. The van der Waals surface area contributed by atoms with Crippen LogP contribution in [0.4, 0.5) is 10.1 Å². The van der Waals surface area contributed by atoms with E-state index in [0.29, 0.717) is 18.7 Å². The number of carbonyl (C=O) groups excluding carboxylic acids is 2. The molecule has 192 valence electrons. The molecule has 1 fully saturated rings. The number of rotatable bonds is 8. The standard InChI is InChI=1S/C26H28FN7O3/c1-33-14-20(12-30-33)22-10-18-8-19(11-29-24(18)31-22)26(37)32-23-9-17(2-3-21(23)27)25(36)28-5-7-34-6-4-16(13-34)15-35/h2-3,8-12,14,16,35H,4-7,13,15H2,1H3,(H,28,36)(H,29,31)(H,32,37)/t16-/m0/s1. The summed E-state index contributed by atoms with van der Waals surface area (Å²) < 4.78 is 16.2. The Balaban J connectivity index is 1.23. The fourth-order valence-corrected chi connectivity index (χ4v) is 4.51. The van der Waals surface area contributed by atoms with Gasteiger partial charge >= 0.3 is 0 Å². The largest absolute Gasteiger partial charge is 0.396 e. The van der Waals surface area contributed by atoms with Gasteiger partial charge in [-0.25, -0.2) is 9.37 Å². The zero-order chi connectivity index (χ0) is 25.9. The molecule has 1 aliphatic heterocycles. The van der Waals surface area contributed by atoms with E-state index in [9.17, 15) is 19.1 Å². The molecule has 1 atom stereocenters. The number of likely N-dealkylation sites (tertiary alicyclic amines) is 1. The van der Waals surface area contributed by atoms with E-state index in [2.05, 4.69) is 30.6 Å². The molecule has 10 nitrogen and oxygen atoms in total. The number of aliphatic hydroxyl groups excluding tert-OH is 1. The molecule has 0 spiro atoms. The van der Waals surface area contributed by atoms with E-state index in [0.717, 1.165) is 42.2 Å². The van der Waals surface area contributed by atoms with E-state index in [4.69, 9.17) is 0 Å². The van der Waals surface area contributed by atoms with Gasteiger partial charge in [-0.3, -0.25) is 14.3 Å². The molecular formula is C26H28FN7O3. The Morgan fingerprint density at radius 2 is 2.05 bits per heavy atom. The average Bonchev–Trinajstić information content (AvgIpc) is 3.64. The highest BCUT2D eigenvalue weighted by atomic mass is 19.1. The van der Waals surface area contributed by atoms with Gasteiger partial charge in [0.1, 0.15) is 11.5 Å². The van der Waals surface area contributed by atoms with E-state index < -0.39 is 11.7 Å². The van der Waals surface area contributed by atoms with Gasteiger partial charge in [0.25, 0.3) is 11.8 Å². The molecule has 1 saturated heterocycles. The van der Waals surface area contributed by atoms with Crippen LogP contribution < -0.4 is 10.6 Å². The highest BCUT2D eigenvalue weighted by molar-refractivity contribution is 6.06. The summed E-state index contributed by atoms with van der Waals surface area (Å²) in [6, 6.07) is 7.40. The first-order valence-electron chi connectivity index (χ1n) is 12.1. The number of fused-ring (bicyclic) bond motifs is 1. The second-order valence-corrected chi connectivity index (χ2v) is 9.29. The minimum absolute atomic E-state index is 0.0896. The van der Waals surface area contributed by atoms with Crippen LogP contribution in [-0.2, 0) is 7.05 Å². The number of nitrogens with zero attached hydrogens (tertiary/aromatic N) is 4. The monoisotopic (exact) mass is 505 g/mol. The van der Waals surface area contributed by atoms with E-state index in [1.807, 2.05) is 19.3 Å². The van der Waals surface area contributed by atoms with Gasteiger partial charge in [-0.15, -0.1) is 0 Å². The molecule has 0 bridgehead atoms. The number of aromatic amines is 1. The van der Waals surface area contributed by atoms with Crippen LogP contribution in [0, 0.1) is 11.7 Å². The first kappa shape index (κ1) is 24.6. The fraction of sp³-hybridized carbons (Fsp3) is 0.308. The number of benzene rings is 1. The summed E-state index contributed by atoms with van der Waals surface area (Å²) >= 11 is 0. The number of hydrogen-bond donors (Lipinski definition) is 4. The third-order valence-corrected chi connectivity index (χ3v) is 6.57. The molecule has 37 heavy (non-hydrogen) atoms. The van der Waals surface area contributed by atoms with E-state index >= 15 is 0 Å². The number of nitrogens with one attached hydrogen (secondary N) is 3. The maximum atomic E-state index is 14.5. The van der Waals surface area contributed by atoms with Crippen molar-refractivity contribution in [3.8, 4) is 11.3 Å². The minimum atomic E-state index is -0.647. The Labute approximate surface area is 212 Å². The van der Waals surface area contributed by atoms with Crippen molar-refractivity contribution in [2.45, 2.75) is 6.42 Å². The molecule has 1 aromatic carbocycles. The second kappa shape index (κ2) is 10.5. The molecule has 0 saturated carbocycles. The molecule has 4 N–H and O–H groups in total. The molecule has 4 aromatic rings. The number of pyridine rings is 1. The predicted molar refractivity (Wildman–Crippen MR) is 137 cm³/mol. The SMILES string of the molecule is Cn1cc(-c2cc3cc(C(=O)Nc4cc(C(=O)NCCN5CC[C@H](CO)C5)ccc4F)cnc3[nH]2)cn1. The van der Waals surface area contributed by atoms with Crippen molar-refractivity contribution in [3.63, 3.8) is 0 Å². The van der Waals surface area contributed by atoms with Crippen molar-refractivity contribution in [2.24, 2.45) is 13.0 Å². The number of aryl methyl sites for hydroxylation is 1. The van der Waals surface area contributed by atoms with Crippen molar-refractivity contribution in [2.75, 3.05) is 38.1 Å². The van der Waals surface area contributed by atoms with Crippen LogP contribution in [0.2, 0.25) is 0 Å². The third-order valence-electron chi connectivity index (χ3n) is 6.57. The quantitative estimate of drug-likeness (QED) is 0.291. The molecular weight excluding hydrogens is 477 g/mol. The zero-order valence-corrected chi connectivity index (χ0v) is 20.4. The van der Waals surface area contributed by atoms with Gasteiger partial charge in [-0.2, -0.15) is 5.10 Å². The first-order valence-corrected chi connectivity index (χ1v) is 12.1. The van der Waals surface area contributed by atoms with Gasteiger partial charge < -0.3 is 25.6 Å². The van der Waals surface area contributed by atoms with Crippen molar-refractivity contribution < 1.29 is 19.1 Å². The van der Waals surface area contributed by atoms with Crippen LogP contribution in [0.25, 0.3) is 22.3 Å². The summed E-state index contributed by atoms with van der Waals surface area (Å²) in [4.78, 5) is 35.2. The van der Waals surface area contributed by atoms with Gasteiger partial charge in [-0.1, -0.05) is 0 Å². The lowest BCUT2D eigenvalue weighted by Gasteiger charge is -2.16. The number of halogens is 1. The van der Waals surface area contributed by atoms with Crippen LogP contribution in [0.3, 0.4) is 0 Å². The van der Waals surface area contributed by atoms with Crippen LogP contribution in [0.15, 0.2) is 48.9 Å². The molecule has 4 heterocycles. The van der Waals surface area contributed by atoms with Crippen molar-refractivity contribution in [1.82, 2.24) is 30.0 Å². The molecule has 0 aliphatic carbocycles. The van der Waals surface area contributed by atoms with E-state index in [1.54, 1.807) is 16.9 Å². The summed E-state index contributed by atoms with van der Waals surface area (Å²) in [6.45, 7) is 2.98. The lowest BCUT2D eigenvalue weighted by atomic mass is 10.1. The Bertz CT molecular complexity index is 1450. The Hall–Kier alpha value is -4.09. The highest BCUT2D eigenvalue weighted by Gasteiger charge is 2.21. The molecule has 11 heteroatoms. The summed E-state index contributed by atoms with van der Waals surface area (Å²) in [7, 11) is 1.83. The summed E-state index contributed by atoms with van der Waals surface area (Å²) in [5.74, 6) is -1.25. The Morgan fingerprint density at radius 1 is 1.19 bits per heavy atom. The fourth-order valence-electron chi connectivity index (χ4n) is 4.51. The van der Waals surface area contributed by atoms with Crippen LogP contribution in [0.1, 0.15) is 27.1 Å². The van der Waals surface area contributed by atoms with Crippen LogP contribution >= 0.6 is 0 Å². The van der Waals surface area contributed by atoms with Crippen molar-refractivity contribution >= 4 is 28.5 Å². The van der Waals surface area contributed by atoms with Crippen LogP contribution in [-0.4, -0.2) is 74.4 Å². The number of H-pyrrole nitrogens is 1. The number of aromatic nitrogens is 4.